The van der Waals surface area contributed by atoms with Crippen LogP contribution in [0.25, 0.3) is 0 Å². The minimum absolute atomic E-state index is 0.0916. The van der Waals surface area contributed by atoms with Crippen LogP contribution < -0.4 is 0 Å². The van der Waals surface area contributed by atoms with Gasteiger partial charge >= 0.3 is 0 Å². The Bertz CT molecular complexity index is 405. The average Bonchev–Trinajstić information content (AvgIpc) is 2.82. The molecule has 0 amide bonds. The minimum atomic E-state index is -0.281. The monoisotopic (exact) mass is 234 g/mol. The summed E-state index contributed by atoms with van der Waals surface area (Å²) in [5, 5.41) is 0. The van der Waals surface area contributed by atoms with Crippen molar-refractivity contribution in [3.63, 3.8) is 0 Å². The lowest BCUT2D eigenvalue weighted by Gasteiger charge is -2.09. The zero-order valence-electron chi connectivity index (χ0n) is 10.3. The van der Waals surface area contributed by atoms with E-state index >= 15 is 0 Å². The number of Topliss-reactive ketones (excluding diaryl/α,β-unsaturated/α-hetero) is 1. The lowest BCUT2D eigenvalue weighted by molar-refractivity contribution is 0.0973. The number of hydrogen-bond acceptors (Lipinski definition) is 1. The number of hydrogen-bond donors (Lipinski definition) is 0. The van der Waals surface area contributed by atoms with E-state index in [-0.39, 0.29) is 11.6 Å². The van der Waals surface area contributed by atoms with Gasteiger partial charge in [-0.25, -0.2) is 4.39 Å². The molecule has 0 atom stereocenters. The van der Waals surface area contributed by atoms with Crippen LogP contribution in [-0.2, 0) is 0 Å². The van der Waals surface area contributed by atoms with Gasteiger partial charge in [0.2, 0.25) is 0 Å². The number of carbonyl (C=O) groups is 1. The Hall–Kier alpha value is -1.18. The van der Waals surface area contributed by atoms with Crippen LogP contribution in [0.3, 0.4) is 0 Å². The molecule has 0 spiro atoms. The topological polar surface area (TPSA) is 17.1 Å². The summed E-state index contributed by atoms with van der Waals surface area (Å²) in [4.78, 5) is 12.0. The molecule has 92 valence electrons. The van der Waals surface area contributed by atoms with Gasteiger partial charge in [0.25, 0.3) is 0 Å². The van der Waals surface area contributed by atoms with Crippen LogP contribution in [0.5, 0.6) is 0 Å². The maximum atomic E-state index is 13.3. The van der Waals surface area contributed by atoms with E-state index in [2.05, 4.69) is 0 Å². The van der Waals surface area contributed by atoms with Crippen LogP contribution in [0.15, 0.2) is 18.2 Å². The molecule has 0 radical (unpaired) electrons. The summed E-state index contributed by atoms with van der Waals surface area (Å²) in [5.74, 6) is 0.526. The van der Waals surface area contributed by atoms with Gasteiger partial charge in [0, 0.05) is 12.0 Å². The normalized spacial score (nSPS) is 16.4. The van der Waals surface area contributed by atoms with Gasteiger partial charge in [-0.3, -0.25) is 4.79 Å². The third-order valence-electron chi connectivity index (χ3n) is 3.82. The number of halogens is 1. The summed E-state index contributed by atoms with van der Waals surface area (Å²) in [5.41, 5.74) is 1.05. The van der Waals surface area contributed by atoms with Gasteiger partial charge in [-0.05, 0) is 30.9 Å². The van der Waals surface area contributed by atoms with E-state index in [1.54, 1.807) is 19.1 Å². The van der Waals surface area contributed by atoms with Crippen molar-refractivity contribution in [2.24, 2.45) is 5.92 Å². The van der Waals surface area contributed by atoms with E-state index in [0.29, 0.717) is 23.5 Å². The number of rotatable bonds is 4. The zero-order chi connectivity index (χ0) is 12.3. The first kappa shape index (κ1) is 12.3. The summed E-state index contributed by atoms with van der Waals surface area (Å²) >= 11 is 0. The van der Waals surface area contributed by atoms with Crippen molar-refractivity contribution >= 4 is 5.78 Å². The number of ketones is 1. The van der Waals surface area contributed by atoms with Crippen molar-refractivity contribution in [1.29, 1.82) is 0 Å². The van der Waals surface area contributed by atoms with Crippen molar-refractivity contribution in [1.82, 2.24) is 0 Å². The number of benzene rings is 1. The quantitative estimate of drug-likeness (QED) is 0.710. The van der Waals surface area contributed by atoms with Gasteiger partial charge in [-0.15, -0.1) is 0 Å². The molecule has 2 heteroatoms. The highest BCUT2D eigenvalue weighted by Crippen LogP contribution is 2.29. The maximum absolute atomic E-state index is 13.3. The Morgan fingerprint density at radius 2 is 2.06 bits per heavy atom. The fraction of sp³-hybridized carbons (Fsp3) is 0.533. The molecule has 0 N–H and O–H groups in total. The fourth-order valence-electron chi connectivity index (χ4n) is 2.68. The average molecular weight is 234 g/mol. The highest BCUT2D eigenvalue weighted by atomic mass is 19.1. The Kier molecular flexibility index (Phi) is 3.93. The van der Waals surface area contributed by atoms with Gasteiger partial charge in [0.05, 0.1) is 0 Å². The summed E-state index contributed by atoms with van der Waals surface area (Å²) in [7, 11) is 0. The standard InChI is InChI=1S/C15H19FO/c1-11-13(7-4-8-14(11)16)15(17)10-9-12-5-2-3-6-12/h4,7-8,12H,2-3,5-6,9-10H2,1H3. The van der Waals surface area contributed by atoms with E-state index in [1.807, 2.05) is 0 Å². The predicted octanol–water partition coefficient (Wildman–Crippen LogP) is 4.29. The maximum Gasteiger partial charge on any atom is 0.163 e. The van der Waals surface area contributed by atoms with Gasteiger partial charge < -0.3 is 0 Å². The predicted molar refractivity (Wildman–Crippen MR) is 66.7 cm³/mol. The molecular formula is C15H19FO. The molecule has 1 saturated carbocycles. The SMILES string of the molecule is Cc1c(F)cccc1C(=O)CCC1CCCC1. The largest absolute Gasteiger partial charge is 0.294 e. The van der Waals surface area contributed by atoms with E-state index < -0.39 is 0 Å². The Labute approximate surface area is 102 Å². The van der Waals surface area contributed by atoms with E-state index in [0.717, 1.165) is 6.42 Å². The molecule has 0 aliphatic heterocycles. The van der Waals surface area contributed by atoms with Crippen molar-refractivity contribution < 1.29 is 9.18 Å². The van der Waals surface area contributed by atoms with Crippen LogP contribution >= 0.6 is 0 Å². The third-order valence-corrected chi connectivity index (χ3v) is 3.82. The molecule has 0 unspecified atom stereocenters. The molecule has 0 aromatic heterocycles. The first-order valence-corrected chi connectivity index (χ1v) is 6.47. The van der Waals surface area contributed by atoms with Crippen LogP contribution in [0.2, 0.25) is 0 Å². The fourth-order valence-corrected chi connectivity index (χ4v) is 2.68. The highest BCUT2D eigenvalue weighted by molar-refractivity contribution is 5.97. The molecule has 1 aromatic rings. The Morgan fingerprint density at radius 1 is 1.35 bits per heavy atom. The van der Waals surface area contributed by atoms with Gasteiger partial charge in [0.15, 0.2) is 5.78 Å². The second-order valence-electron chi connectivity index (χ2n) is 5.02. The molecule has 2 rings (SSSR count). The molecular weight excluding hydrogens is 215 g/mol. The summed E-state index contributed by atoms with van der Waals surface area (Å²) < 4.78 is 13.3. The van der Waals surface area contributed by atoms with Gasteiger partial charge in [-0.2, -0.15) is 0 Å². The van der Waals surface area contributed by atoms with Crippen molar-refractivity contribution in [3.8, 4) is 0 Å². The number of carbonyl (C=O) groups excluding carboxylic acids is 1. The second kappa shape index (κ2) is 5.44. The van der Waals surface area contributed by atoms with Crippen LogP contribution in [0.1, 0.15) is 54.4 Å². The van der Waals surface area contributed by atoms with Crippen molar-refractivity contribution in [2.45, 2.75) is 45.4 Å². The lowest BCUT2D eigenvalue weighted by atomic mass is 9.95. The lowest BCUT2D eigenvalue weighted by Crippen LogP contribution is -2.05. The first-order valence-electron chi connectivity index (χ1n) is 6.47. The minimum Gasteiger partial charge on any atom is -0.294 e. The molecule has 1 fully saturated rings. The summed E-state index contributed by atoms with van der Waals surface area (Å²) in [6, 6.07) is 4.75. The van der Waals surface area contributed by atoms with Gasteiger partial charge in [-0.1, -0.05) is 37.8 Å². The summed E-state index contributed by atoms with van der Waals surface area (Å²) in [6.45, 7) is 1.68. The molecule has 1 aliphatic rings. The second-order valence-corrected chi connectivity index (χ2v) is 5.02. The van der Waals surface area contributed by atoms with Crippen LogP contribution in [0, 0.1) is 18.7 Å². The van der Waals surface area contributed by atoms with Gasteiger partial charge in [0.1, 0.15) is 5.82 Å². The molecule has 1 nitrogen and oxygen atoms in total. The van der Waals surface area contributed by atoms with Crippen molar-refractivity contribution in [2.75, 3.05) is 0 Å². The van der Waals surface area contributed by atoms with E-state index in [4.69, 9.17) is 0 Å². The van der Waals surface area contributed by atoms with Crippen molar-refractivity contribution in [3.05, 3.63) is 35.1 Å². The molecule has 17 heavy (non-hydrogen) atoms. The Morgan fingerprint density at radius 3 is 2.76 bits per heavy atom. The molecule has 0 bridgehead atoms. The Balaban J connectivity index is 1.97. The highest BCUT2D eigenvalue weighted by Gasteiger charge is 2.18. The zero-order valence-corrected chi connectivity index (χ0v) is 10.3. The van der Waals surface area contributed by atoms with Crippen LogP contribution in [0.4, 0.5) is 4.39 Å². The smallest absolute Gasteiger partial charge is 0.163 e. The van der Waals surface area contributed by atoms with E-state index in [9.17, 15) is 9.18 Å². The molecule has 0 saturated heterocycles. The summed E-state index contributed by atoms with van der Waals surface area (Å²) in [6.07, 6.45) is 6.66. The molecule has 0 heterocycles. The first-order chi connectivity index (χ1) is 8.18. The third kappa shape index (κ3) is 2.93. The van der Waals surface area contributed by atoms with Crippen LogP contribution in [-0.4, -0.2) is 5.78 Å². The molecule has 1 aliphatic carbocycles. The molecule has 1 aromatic carbocycles. The van der Waals surface area contributed by atoms with E-state index in [1.165, 1.54) is 31.7 Å².